The summed E-state index contributed by atoms with van der Waals surface area (Å²) in [5.74, 6) is -0.968. The van der Waals surface area contributed by atoms with Crippen molar-refractivity contribution in [3.05, 3.63) is 34.7 Å². The van der Waals surface area contributed by atoms with Crippen LogP contribution in [0.15, 0.2) is 29.2 Å². The van der Waals surface area contributed by atoms with Gasteiger partial charge in [-0.2, -0.15) is 0 Å². The normalized spacial score (nSPS) is 17.4. The van der Waals surface area contributed by atoms with Gasteiger partial charge in [0.2, 0.25) is 0 Å². The number of amides is 1. The van der Waals surface area contributed by atoms with E-state index >= 15 is 0 Å². The zero-order chi connectivity index (χ0) is 17.7. The fourth-order valence-corrected chi connectivity index (χ4v) is 3.48. The molecular formula is C17H18NO4S2-. The van der Waals surface area contributed by atoms with E-state index < -0.39 is 17.9 Å². The number of ether oxygens (including phenoxy) is 1. The molecule has 1 aromatic rings. The maximum absolute atomic E-state index is 12.3. The van der Waals surface area contributed by atoms with Crippen LogP contribution in [0.3, 0.4) is 0 Å². The lowest BCUT2D eigenvalue weighted by Gasteiger charge is -2.23. The Morgan fingerprint density at radius 1 is 1.42 bits per heavy atom. The zero-order valence-corrected chi connectivity index (χ0v) is 15.1. The maximum atomic E-state index is 12.3. The molecule has 1 fully saturated rings. The van der Waals surface area contributed by atoms with Gasteiger partial charge in [0, 0.05) is 0 Å². The number of carbonyl (C=O) groups is 2. The smallest absolute Gasteiger partial charge is 0.266 e. The number of carbonyl (C=O) groups excluding carboxylic acids is 2. The summed E-state index contributed by atoms with van der Waals surface area (Å²) in [4.78, 5) is 24.8. The van der Waals surface area contributed by atoms with E-state index in [4.69, 9.17) is 17.0 Å². The van der Waals surface area contributed by atoms with Gasteiger partial charge in [0.15, 0.2) is 0 Å². The van der Waals surface area contributed by atoms with Gasteiger partial charge < -0.3 is 14.6 Å². The van der Waals surface area contributed by atoms with Crippen LogP contribution in [-0.4, -0.2) is 33.7 Å². The fraction of sp³-hybridized carbons (Fsp3) is 0.353. The maximum Gasteiger partial charge on any atom is 0.266 e. The molecule has 128 valence electrons. The van der Waals surface area contributed by atoms with Crippen molar-refractivity contribution in [1.82, 2.24) is 4.90 Å². The number of rotatable bonds is 7. The predicted octanol–water partition coefficient (Wildman–Crippen LogP) is 2.21. The van der Waals surface area contributed by atoms with E-state index in [1.54, 1.807) is 6.08 Å². The van der Waals surface area contributed by atoms with Crippen LogP contribution in [0.1, 0.15) is 32.3 Å². The molecule has 24 heavy (non-hydrogen) atoms. The first-order valence-electron chi connectivity index (χ1n) is 7.64. The molecule has 0 radical (unpaired) electrons. The van der Waals surface area contributed by atoms with Gasteiger partial charge >= 0.3 is 0 Å². The van der Waals surface area contributed by atoms with Gasteiger partial charge in [-0.25, -0.2) is 0 Å². The van der Waals surface area contributed by atoms with E-state index in [0.717, 1.165) is 40.8 Å². The van der Waals surface area contributed by atoms with E-state index in [2.05, 4.69) is 6.92 Å². The van der Waals surface area contributed by atoms with Crippen LogP contribution in [0.5, 0.6) is 5.75 Å². The molecular weight excluding hydrogens is 346 g/mol. The molecule has 1 aromatic carbocycles. The molecule has 1 aliphatic rings. The number of carboxylic acid groups (broad SMARTS) is 1. The van der Waals surface area contributed by atoms with E-state index in [1.165, 1.54) is 6.92 Å². The number of hydrogen-bond acceptors (Lipinski definition) is 6. The van der Waals surface area contributed by atoms with Gasteiger partial charge in [-0.05, 0) is 37.1 Å². The van der Waals surface area contributed by atoms with E-state index in [9.17, 15) is 14.7 Å². The monoisotopic (exact) mass is 364 g/mol. The van der Waals surface area contributed by atoms with E-state index in [0.29, 0.717) is 11.5 Å². The summed E-state index contributed by atoms with van der Waals surface area (Å²) in [6.45, 7) is 4.16. The van der Waals surface area contributed by atoms with Crippen LogP contribution >= 0.6 is 24.0 Å². The second-order valence-electron chi connectivity index (χ2n) is 5.32. The summed E-state index contributed by atoms with van der Waals surface area (Å²) in [6.07, 6.45) is 3.77. The molecule has 1 heterocycles. The van der Waals surface area contributed by atoms with Gasteiger partial charge in [0.05, 0.1) is 23.5 Å². The van der Waals surface area contributed by atoms with Crippen molar-refractivity contribution in [2.24, 2.45) is 0 Å². The summed E-state index contributed by atoms with van der Waals surface area (Å²) in [5.41, 5.74) is 0.819. The molecule has 1 amide bonds. The molecule has 1 saturated heterocycles. The number of thiocarbonyl (C=S) groups is 1. The zero-order valence-electron chi connectivity index (χ0n) is 13.5. The molecule has 0 aromatic heterocycles. The van der Waals surface area contributed by atoms with Gasteiger partial charge in [-0.1, -0.05) is 49.5 Å². The summed E-state index contributed by atoms with van der Waals surface area (Å²) in [7, 11) is 0. The highest BCUT2D eigenvalue weighted by Gasteiger charge is 2.35. The predicted molar refractivity (Wildman–Crippen MR) is 96.3 cm³/mol. The minimum atomic E-state index is -1.33. The Hall–Kier alpha value is -1.86. The van der Waals surface area contributed by atoms with Crippen molar-refractivity contribution in [1.29, 1.82) is 0 Å². The van der Waals surface area contributed by atoms with Gasteiger partial charge in [-0.3, -0.25) is 9.69 Å². The average molecular weight is 364 g/mol. The third kappa shape index (κ3) is 4.36. The summed E-state index contributed by atoms with van der Waals surface area (Å²) >= 11 is 6.19. The molecule has 0 N–H and O–H groups in total. The molecule has 0 bridgehead atoms. The SMILES string of the molecule is CCCCOc1ccc(C=C2SC(=S)N(C(C)C(=O)[O-])C2=O)cc1. The lowest BCUT2D eigenvalue weighted by atomic mass is 10.2. The molecule has 0 saturated carbocycles. The Balaban J connectivity index is 2.10. The first-order valence-corrected chi connectivity index (χ1v) is 8.87. The van der Waals surface area contributed by atoms with E-state index in [1.807, 2.05) is 24.3 Å². The second-order valence-corrected chi connectivity index (χ2v) is 6.99. The Bertz CT molecular complexity index is 670. The van der Waals surface area contributed by atoms with Crippen LogP contribution < -0.4 is 9.84 Å². The molecule has 2 rings (SSSR count). The molecule has 7 heteroatoms. The number of aliphatic carboxylic acids is 1. The first-order chi connectivity index (χ1) is 11.4. The van der Waals surface area contributed by atoms with Gasteiger partial charge in [0.25, 0.3) is 5.91 Å². The highest BCUT2D eigenvalue weighted by molar-refractivity contribution is 8.26. The van der Waals surface area contributed by atoms with Crippen molar-refractivity contribution in [2.45, 2.75) is 32.7 Å². The molecule has 0 spiro atoms. The quantitative estimate of drug-likeness (QED) is 0.420. The standard InChI is InChI=1S/C17H19NO4S2/c1-3-4-9-22-13-7-5-12(6-8-13)10-14-15(19)18(17(23)24-14)11(2)16(20)21/h5-8,10-11H,3-4,9H2,1-2H3,(H,20,21)/p-1. The minimum Gasteiger partial charge on any atom is -0.548 e. The Kier molecular flexibility index (Phi) is 6.39. The van der Waals surface area contributed by atoms with Crippen molar-refractivity contribution in [3.8, 4) is 5.75 Å². The van der Waals surface area contributed by atoms with Crippen LogP contribution in [-0.2, 0) is 9.59 Å². The topological polar surface area (TPSA) is 69.7 Å². The highest BCUT2D eigenvalue weighted by Crippen LogP contribution is 2.34. The highest BCUT2D eigenvalue weighted by atomic mass is 32.2. The third-order valence-corrected chi connectivity index (χ3v) is 4.83. The summed E-state index contributed by atoms with van der Waals surface area (Å²) in [5, 5.41) is 11.0. The number of carboxylic acids is 1. The molecule has 5 nitrogen and oxygen atoms in total. The van der Waals surface area contributed by atoms with Crippen LogP contribution in [0.2, 0.25) is 0 Å². The van der Waals surface area contributed by atoms with Gasteiger partial charge in [-0.15, -0.1) is 0 Å². The van der Waals surface area contributed by atoms with Crippen molar-refractivity contribution < 1.29 is 19.4 Å². The van der Waals surface area contributed by atoms with Crippen LogP contribution in [0, 0.1) is 0 Å². The largest absolute Gasteiger partial charge is 0.548 e. The van der Waals surface area contributed by atoms with Crippen LogP contribution in [0.25, 0.3) is 6.08 Å². The van der Waals surface area contributed by atoms with Crippen molar-refractivity contribution >= 4 is 46.3 Å². The Labute approximate surface area is 150 Å². The molecule has 0 aliphatic carbocycles. The number of unbranched alkanes of at least 4 members (excludes halogenated alkanes) is 1. The Morgan fingerprint density at radius 3 is 2.67 bits per heavy atom. The summed E-state index contributed by atoms with van der Waals surface area (Å²) < 4.78 is 5.81. The Morgan fingerprint density at radius 2 is 2.08 bits per heavy atom. The van der Waals surface area contributed by atoms with E-state index in [-0.39, 0.29) is 4.32 Å². The molecule has 1 atom stereocenters. The average Bonchev–Trinajstić information content (AvgIpc) is 2.82. The van der Waals surface area contributed by atoms with Gasteiger partial charge in [0.1, 0.15) is 10.1 Å². The number of hydrogen-bond donors (Lipinski definition) is 0. The molecule has 1 aliphatic heterocycles. The van der Waals surface area contributed by atoms with Crippen molar-refractivity contribution in [3.63, 3.8) is 0 Å². The lowest BCUT2D eigenvalue weighted by Crippen LogP contribution is -2.48. The third-order valence-electron chi connectivity index (χ3n) is 3.50. The lowest BCUT2D eigenvalue weighted by molar-refractivity contribution is -0.309. The van der Waals surface area contributed by atoms with Crippen molar-refractivity contribution in [2.75, 3.05) is 6.61 Å². The summed E-state index contributed by atoms with van der Waals surface area (Å²) in [6, 6.07) is 6.28. The van der Waals surface area contributed by atoms with Crippen LogP contribution in [0.4, 0.5) is 0 Å². The second kappa shape index (κ2) is 8.30. The number of nitrogens with zero attached hydrogens (tertiary/aromatic N) is 1. The first kappa shape index (κ1) is 18.5. The number of thioether (sulfide) groups is 1. The minimum absolute atomic E-state index is 0.225. The fourth-order valence-electron chi connectivity index (χ4n) is 2.07. The molecule has 1 unspecified atom stereocenters. The number of benzene rings is 1.